The van der Waals surface area contributed by atoms with Crippen molar-refractivity contribution in [3.05, 3.63) is 58.9 Å². The number of nitrogens with zero attached hydrogens (tertiary/aromatic N) is 2. The molecule has 0 spiro atoms. The number of rotatable bonds is 3. The number of hydrogen-bond donors (Lipinski definition) is 0. The summed E-state index contributed by atoms with van der Waals surface area (Å²) in [5.74, 6) is 0.368. The molecule has 28 heavy (non-hydrogen) atoms. The molecule has 2 nitrogen and oxygen atoms in total. The first kappa shape index (κ1) is 19.9. The number of piperazine rings is 1. The van der Waals surface area contributed by atoms with Crippen LogP contribution in [-0.2, 0) is 6.42 Å². The molecule has 0 saturated carbocycles. The summed E-state index contributed by atoms with van der Waals surface area (Å²) < 4.78 is 13.9. The summed E-state index contributed by atoms with van der Waals surface area (Å²) in [5, 5.41) is 0. The third-order valence-electron chi connectivity index (χ3n) is 6.24. The maximum absolute atomic E-state index is 13.9. The molecule has 2 aliphatic rings. The minimum atomic E-state index is -0.143. The molecule has 1 atom stereocenters. The Morgan fingerprint density at radius 2 is 1.68 bits per heavy atom. The van der Waals surface area contributed by atoms with Gasteiger partial charge in [-0.15, -0.1) is 0 Å². The molecule has 0 bridgehead atoms. The third-order valence-corrected chi connectivity index (χ3v) is 7.43. The van der Waals surface area contributed by atoms with Gasteiger partial charge in [0.05, 0.1) is 0 Å². The van der Waals surface area contributed by atoms with Crippen molar-refractivity contribution in [1.82, 2.24) is 9.80 Å². The second-order valence-electron chi connectivity index (χ2n) is 8.69. The highest BCUT2D eigenvalue weighted by Crippen LogP contribution is 2.44. The van der Waals surface area contributed by atoms with Crippen molar-refractivity contribution < 1.29 is 4.39 Å². The Bertz CT molecular complexity index is 840. The van der Waals surface area contributed by atoms with Crippen LogP contribution < -0.4 is 0 Å². The Morgan fingerprint density at radius 1 is 0.929 bits per heavy atom. The van der Waals surface area contributed by atoms with Crippen LogP contribution in [0.2, 0.25) is 0 Å². The quantitative estimate of drug-likeness (QED) is 0.652. The highest BCUT2D eigenvalue weighted by Gasteiger charge is 2.31. The van der Waals surface area contributed by atoms with Crippen molar-refractivity contribution in [2.45, 2.75) is 61.9 Å². The lowest BCUT2D eigenvalue weighted by molar-refractivity contribution is 0.0768. The molecule has 1 fully saturated rings. The van der Waals surface area contributed by atoms with Crippen molar-refractivity contribution in [2.24, 2.45) is 0 Å². The van der Waals surface area contributed by atoms with Gasteiger partial charge in [-0.3, -0.25) is 9.80 Å². The van der Waals surface area contributed by atoms with Gasteiger partial charge in [0.2, 0.25) is 0 Å². The summed E-state index contributed by atoms with van der Waals surface area (Å²) in [5.41, 5.74) is 4.08. The van der Waals surface area contributed by atoms with E-state index in [9.17, 15) is 4.39 Å². The monoisotopic (exact) mass is 398 g/mol. The zero-order valence-corrected chi connectivity index (χ0v) is 18.2. The number of halogens is 1. The first-order chi connectivity index (χ1) is 13.4. The Hall–Kier alpha value is -1.36. The van der Waals surface area contributed by atoms with Crippen LogP contribution in [-0.4, -0.2) is 42.0 Å². The Balaban J connectivity index is 1.72. The van der Waals surface area contributed by atoms with E-state index in [0.717, 1.165) is 37.5 Å². The normalized spacial score (nSPS) is 20.9. The molecule has 0 amide bonds. The predicted molar refractivity (Wildman–Crippen MR) is 116 cm³/mol. The second kappa shape index (κ2) is 8.17. The topological polar surface area (TPSA) is 6.48 Å². The van der Waals surface area contributed by atoms with Gasteiger partial charge in [-0.25, -0.2) is 4.39 Å². The molecule has 2 aliphatic heterocycles. The molecule has 2 aromatic carbocycles. The SMILES string of the molecule is CC(C)c1ccc2c(c1)[C@@H](N1CCN(C(C)C)CC1)Cc1ccc(F)cc1S2. The molecule has 1 saturated heterocycles. The summed E-state index contributed by atoms with van der Waals surface area (Å²) >= 11 is 1.73. The second-order valence-corrected chi connectivity index (χ2v) is 9.78. The highest BCUT2D eigenvalue weighted by molar-refractivity contribution is 7.99. The molecule has 0 radical (unpaired) electrons. The lowest BCUT2D eigenvalue weighted by Gasteiger charge is -2.41. The molecule has 150 valence electrons. The molecular formula is C24H31FN2S. The van der Waals surface area contributed by atoms with Crippen LogP contribution in [0.4, 0.5) is 4.39 Å². The van der Waals surface area contributed by atoms with Gasteiger partial charge in [0, 0.05) is 48.1 Å². The lowest BCUT2D eigenvalue weighted by Crippen LogP contribution is -2.50. The summed E-state index contributed by atoms with van der Waals surface area (Å²) in [6.45, 7) is 13.5. The molecule has 2 aromatic rings. The highest BCUT2D eigenvalue weighted by atomic mass is 32.2. The van der Waals surface area contributed by atoms with Crippen molar-refractivity contribution in [1.29, 1.82) is 0 Å². The van der Waals surface area contributed by atoms with Crippen molar-refractivity contribution >= 4 is 11.8 Å². The molecule has 4 rings (SSSR count). The number of fused-ring (bicyclic) bond motifs is 2. The molecule has 0 N–H and O–H groups in total. The van der Waals surface area contributed by atoms with E-state index < -0.39 is 0 Å². The first-order valence-corrected chi connectivity index (χ1v) is 11.3. The van der Waals surface area contributed by atoms with Gasteiger partial charge in [-0.1, -0.05) is 43.8 Å². The van der Waals surface area contributed by atoms with Gasteiger partial charge < -0.3 is 0 Å². The van der Waals surface area contributed by atoms with Crippen molar-refractivity contribution in [3.63, 3.8) is 0 Å². The maximum atomic E-state index is 13.9. The van der Waals surface area contributed by atoms with Gasteiger partial charge in [0.1, 0.15) is 5.82 Å². The van der Waals surface area contributed by atoms with E-state index in [4.69, 9.17) is 0 Å². The van der Waals surface area contributed by atoms with Gasteiger partial charge in [0.25, 0.3) is 0 Å². The standard InChI is InChI=1S/C24H31FN2S/c1-16(2)18-6-8-23-21(13-18)22(27-11-9-26(10-12-27)17(3)4)14-19-5-7-20(25)15-24(19)28-23/h5-8,13,15-17,22H,9-12,14H2,1-4H3/t22-/m0/s1. The van der Waals surface area contributed by atoms with E-state index in [1.807, 2.05) is 6.07 Å². The fraction of sp³-hybridized carbons (Fsp3) is 0.500. The van der Waals surface area contributed by atoms with Crippen LogP contribution in [0.5, 0.6) is 0 Å². The van der Waals surface area contributed by atoms with Crippen LogP contribution in [0.1, 0.15) is 56.3 Å². The number of hydrogen-bond acceptors (Lipinski definition) is 3. The lowest BCUT2D eigenvalue weighted by atomic mass is 9.93. The summed E-state index contributed by atoms with van der Waals surface area (Å²) in [6.07, 6.45) is 0.957. The molecule has 0 unspecified atom stereocenters. The van der Waals surface area contributed by atoms with Crippen LogP contribution in [0.25, 0.3) is 0 Å². The van der Waals surface area contributed by atoms with Crippen LogP contribution >= 0.6 is 11.8 Å². The van der Waals surface area contributed by atoms with Gasteiger partial charge >= 0.3 is 0 Å². The molecule has 2 heterocycles. The van der Waals surface area contributed by atoms with Crippen molar-refractivity contribution in [2.75, 3.05) is 26.2 Å². The maximum Gasteiger partial charge on any atom is 0.124 e. The van der Waals surface area contributed by atoms with E-state index in [0.29, 0.717) is 18.0 Å². The summed E-state index contributed by atoms with van der Waals surface area (Å²) in [7, 11) is 0. The number of benzene rings is 2. The zero-order valence-electron chi connectivity index (χ0n) is 17.4. The largest absolute Gasteiger partial charge is 0.298 e. The fourth-order valence-corrected chi connectivity index (χ4v) is 5.54. The molecule has 0 aromatic heterocycles. The molecular weight excluding hydrogens is 367 g/mol. The third kappa shape index (κ3) is 4.00. The van der Waals surface area contributed by atoms with Crippen LogP contribution in [0.3, 0.4) is 0 Å². The summed E-state index contributed by atoms with van der Waals surface area (Å²) in [6, 6.07) is 13.2. The Labute approximate surface area is 173 Å². The average Bonchev–Trinajstić information content (AvgIpc) is 2.83. The van der Waals surface area contributed by atoms with E-state index in [2.05, 4.69) is 55.7 Å². The minimum absolute atomic E-state index is 0.143. The van der Waals surface area contributed by atoms with Gasteiger partial charge in [-0.2, -0.15) is 0 Å². The predicted octanol–water partition coefficient (Wildman–Crippen LogP) is 5.72. The molecule has 4 heteroatoms. The van der Waals surface area contributed by atoms with Crippen molar-refractivity contribution in [3.8, 4) is 0 Å². The minimum Gasteiger partial charge on any atom is -0.298 e. The van der Waals surface area contributed by atoms with Crippen LogP contribution in [0.15, 0.2) is 46.2 Å². The molecule has 0 aliphatic carbocycles. The van der Waals surface area contributed by atoms with E-state index in [-0.39, 0.29) is 5.82 Å². The van der Waals surface area contributed by atoms with Gasteiger partial charge in [0.15, 0.2) is 0 Å². The van der Waals surface area contributed by atoms with Gasteiger partial charge in [-0.05, 0) is 61.1 Å². The first-order valence-electron chi connectivity index (χ1n) is 10.5. The fourth-order valence-electron chi connectivity index (χ4n) is 4.40. The Morgan fingerprint density at radius 3 is 2.36 bits per heavy atom. The zero-order chi connectivity index (χ0) is 19.8. The van der Waals surface area contributed by atoms with E-state index in [1.54, 1.807) is 23.9 Å². The van der Waals surface area contributed by atoms with Crippen LogP contribution in [0, 0.1) is 5.82 Å². The van der Waals surface area contributed by atoms with E-state index >= 15 is 0 Å². The summed E-state index contributed by atoms with van der Waals surface area (Å²) in [4.78, 5) is 7.57. The smallest absolute Gasteiger partial charge is 0.124 e. The average molecular weight is 399 g/mol. The Kier molecular flexibility index (Phi) is 5.82. The van der Waals surface area contributed by atoms with E-state index in [1.165, 1.54) is 21.6 Å².